The summed E-state index contributed by atoms with van der Waals surface area (Å²) in [7, 11) is 0. The Morgan fingerprint density at radius 1 is 1.15 bits per heavy atom. The Kier molecular flexibility index (Phi) is 6.34. The molecule has 0 saturated carbocycles. The lowest BCUT2D eigenvalue weighted by Gasteiger charge is -2.41. The summed E-state index contributed by atoms with van der Waals surface area (Å²) in [6, 6.07) is 17.0. The fourth-order valence-electron chi connectivity index (χ4n) is 5.65. The smallest absolute Gasteiger partial charge is 0.411 e. The lowest BCUT2D eigenvalue weighted by atomic mass is 9.65. The lowest BCUT2D eigenvalue weighted by molar-refractivity contribution is -0.108. The van der Waals surface area contributed by atoms with Crippen LogP contribution >= 0.6 is 0 Å². The SMILES string of the molecule is C=CCN1c2ccccc2C2([C@@H](CC=O)C(=O)c3ccccc3)CCN(C(=O)OC(C)(C)C)[C@H]12. The summed E-state index contributed by atoms with van der Waals surface area (Å²) >= 11 is 0. The number of carbonyl (C=O) groups is 3. The number of ether oxygens (including phenoxy) is 1. The molecule has 6 nitrogen and oxygen atoms in total. The van der Waals surface area contributed by atoms with Crippen LogP contribution in [0.25, 0.3) is 0 Å². The van der Waals surface area contributed by atoms with Gasteiger partial charge in [0.2, 0.25) is 0 Å². The fraction of sp³-hybridized carbons (Fsp3) is 0.393. The summed E-state index contributed by atoms with van der Waals surface area (Å²) in [5.74, 6) is -0.709. The lowest BCUT2D eigenvalue weighted by Crippen LogP contribution is -2.56. The van der Waals surface area contributed by atoms with E-state index < -0.39 is 29.2 Å². The number of anilines is 1. The maximum absolute atomic E-state index is 13.9. The van der Waals surface area contributed by atoms with Crippen LogP contribution < -0.4 is 4.90 Å². The Hall–Kier alpha value is -3.41. The monoisotopic (exact) mass is 460 g/mol. The first-order chi connectivity index (χ1) is 16.2. The van der Waals surface area contributed by atoms with Gasteiger partial charge in [0, 0.05) is 42.1 Å². The Balaban J connectivity index is 1.89. The van der Waals surface area contributed by atoms with Gasteiger partial charge in [-0.2, -0.15) is 0 Å². The molecule has 2 aromatic rings. The second-order valence-electron chi connectivity index (χ2n) is 9.98. The number of nitrogens with zero attached hydrogens (tertiary/aromatic N) is 2. The minimum Gasteiger partial charge on any atom is -0.444 e. The number of para-hydroxylation sites is 1. The van der Waals surface area contributed by atoms with Crippen LogP contribution in [0.15, 0.2) is 67.3 Å². The van der Waals surface area contributed by atoms with Crippen LogP contribution in [0.5, 0.6) is 0 Å². The largest absolute Gasteiger partial charge is 0.444 e. The number of aldehydes is 1. The van der Waals surface area contributed by atoms with Crippen LogP contribution in [0.3, 0.4) is 0 Å². The van der Waals surface area contributed by atoms with E-state index in [1.807, 2.05) is 63.2 Å². The number of benzene rings is 2. The van der Waals surface area contributed by atoms with Crippen molar-refractivity contribution in [3.63, 3.8) is 0 Å². The van der Waals surface area contributed by atoms with E-state index in [2.05, 4.69) is 11.5 Å². The molecule has 1 saturated heterocycles. The van der Waals surface area contributed by atoms with Crippen LogP contribution in [0.2, 0.25) is 0 Å². The zero-order valence-electron chi connectivity index (χ0n) is 20.1. The van der Waals surface area contributed by atoms with Gasteiger partial charge in [0.15, 0.2) is 5.78 Å². The van der Waals surface area contributed by atoms with E-state index in [4.69, 9.17) is 4.74 Å². The highest BCUT2D eigenvalue weighted by Gasteiger charge is 2.63. The fourth-order valence-corrected chi connectivity index (χ4v) is 5.65. The van der Waals surface area contributed by atoms with Gasteiger partial charge in [0.25, 0.3) is 0 Å². The Bertz CT molecular complexity index is 1090. The van der Waals surface area contributed by atoms with Gasteiger partial charge in [-0.1, -0.05) is 54.6 Å². The van der Waals surface area contributed by atoms with E-state index in [0.717, 1.165) is 17.5 Å². The second kappa shape index (κ2) is 9.09. The van der Waals surface area contributed by atoms with Crippen molar-refractivity contribution in [1.82, 2.24) is 4.90 Å². The van der Waals surface area contributed by atoms with E-state index >= 15 is 0 Å². The first-order valence-corrected chi connectivity index (χ1v) is 11.7. The van der Waals surface area contributed by atoms with Gasteiger partial charge in [0.1, 0.15) is 18.1 Å². The van der Waals surface area contributed by atoms with Crippen molar-refractivity contribution in [2.75, 3.05) is 18.0 Å². The Morgan fingerprint density at radius 3 is 2.47 bits per heavy atom. The van der Waals surface area contributed by atoms with Crippen molar-refractivity contribution in [3.05, 3.63) is 78.4 Å². The van der Waals surface area contributed by atoms with Gasteiger partial charge < -0.3 is 14.4 Å². The highest BCUT2D eigenvalue weighted by molar-refractivity contribution is 6.00. The molecule has 0 aliphatic carbocycles. The molecule has 1 unspecified atom stereocenters. The Morgan fingerprint density at radius 2 is 1.82 bits per heavy atom. The van der Waals surface area contributed by atoms with Crippen LogP contribution in [-0.2, 0) is 14.9 Å². The molecule has 4 rings (SSSR count). The van der Waals surface area contributed by atoms with Crippen molar-refractivity contribution in [2.24, 2.45) is 5.92 Å². The summed E-state index contributed by atoms with van der Waals surface area (Å²) < 4.78 is 5.76. The highest BCUT2D eigenvalue weighted by atomic mass is 16.6. The number of carbonyl (C=O) groups excluding carboxylic acids is 3. The van der Waals surface area contributed by atoms with E-state index in [0.29, 0.717) is 25.1 Å². The Labute approximate surface area is 201 Å². The number of fused-ring (bicyclic) bond motifs is 3. The number of ketones is 1. The first-order valence-electron chi connectivity index (χ1n) is 11.7. The molecule has 0 bridgehead atoms. The van der Waals surface area contributed by atoms with Gasteiger partial charge in [-0.05, 0) is 38.8 Å². The molecule has 0 aromatic heterocycles. The van der Waals surface area contributed by atoms with E-state index in [-0.39, 0.29) is 12.2 Å². The zero-order valence-corrected chi connectivity index (χ0v) is 20.1. The van der Waals surface area contributed by atoms with Gasteiger partial charge >= 0.3 is 6.09 Å². The number of hydrogen-bond donors (Lipinski definition) is 0. The van der Waals surface area contributed by atoms with Crippen molar-refractivity contribution in [1.29, 1.82) is 0 Å². The number of Topliss-reactive ketones (excluding diaryl/α,β-unsaturated/α-hetero) is 1. The maximum Gasteiger partial charge on any atom is 0.411 e. The molecule has 1 fully saturated rings. The molecule has 2 heterocycles. The van der Waals surface area contributed by atoms with Crippen LogP contribution in [0.4, 0.5) is 10.5 Å². The summed E-state index contributed by atoms with van der Waals surface area (Å²) in [4.78, 5) is 43.0. The van der Waals surface area contributed by atoms with Crippen LogP contribution in [0, 0.1) is 5.92 Å². The first kappa shape index (κ1) is 23.7. The van der Waals surface area contributed by atoms with Crippen molar-refractivity contribution >= 4 is 23.9 Å². The van der Waals surface area contributed by atoms with Gasteiger partial charge in [0.05, 0.1) is 0 Å². The minimum atomic E-state index is -0.746. The van der Waals surface area contributed by atoms with Gasteiger partial charge in [-0.25, -0.2) is 4.79 Å². The summed E-state index contributed by atoms with van der Waals surface area (Å²) in [5, 5.41) is 0. The van der Waals surface area contributed by atoms with E-state index in [9.17, 15) is 14.4 Å². The molecule has 2 aliphatic heterocycles. The molecule has 2 aromatic carbocycles. The minimum absolute atomic E-state index is 0.0721. The molecular weight excluding hydrogens is 428 g/mol. The molecule has 3 atom stereocenters. The predicted molar refractivity (Wildman–Crippen MR) is 132 cm³/mol. The molecule has 0 spiro atoms. The molecule has 1 amide bonds. The second-order valence-corrected chi connectivity index (χ2v) is 9.98. The number of amides is 1. The predicted octanol–water partition coefficient (Wildman–Crippen LogP) is 4.99. The molecular formula is C28H32N2O4. The molecule has 6 heteroatoms. The highest BCUT2D eigenvalue weighted by Crippen LogP contribution is 2.57. The zero-order chi connectivity index (χ0) is 24.5. The summed E-state index contributed by atoms with van der Waals surface area (Å²) in [5.41, 5.74) is 1.11. The average Bonchev–Trinajstić information content (AvgIpc) is 3.32. The van der Waals surface area contributed by atoms with Crippen molar-refractivity contribution in [2.45, 2.75) is 50.8 Å². The van der Waals surface area contributed by atoms with Crippen LogP contribution in [-0.4, -0.2) is 47.9 Å². The van der Waals surface area contributed by atoms with Crippen molar-refractivity contribution in [3.8, 4) is 0 Å². The molecule has 0 radical (unpaired) electrons. The number of likely N-dealkylation sites (tertiary alicyclic amines) is 1. The molecule has 0 N–H and O–H groups in total. The molecule has 178 valence electrons. The summed E-state index contributed by atoms with van der Waals surface area (Å²) in [6.45, 7) is 10.4. The van der Waals surface area contributed by atoms with E-state index in [1.54, 1.807) is 23.1 Å². The van der Waals surface area contributed by atoms with E-state index in [1.165, 1.54) is 0 Å². The third-order valence-electron chi connectivity index (χ3n) is 6.81. The number of rotatable bonds is 7. The standard InChI is InChI=1S/C28H32N2O4/c1-5-17-29-23-14-10-9-13-21(23)28(16-18-30(25(28)29)26(33)34-27(2,3)4)22(15-19-31)24(32)20-11-7-6-8-12-20/h5-14,19,22,25H,1,15-18H2,2-4H3/t22-,25-,28?/m0/s1. The maximum atomic E-state index is 13.9. The molecule has 34 heavy (non-hydrogen) atoms. The van der Waals surface area contributed by atoms with Crippen molar-refractivity contribution < 1.29 is 19.1 Å². The third-order valence-corrected chi connectivity index (χ3v) is 6.81. The van der Waals surface area contributed by atoms with Gasteiger partial charge in [-0.3, -0.25) is 9.69 Å². The average molecular weight is 461 g/mol. The summed E-state index contributed by atoms with van der Waals surface area (Å²) in [6.07, 6.45) is 2.37. The molecule has 2 aliphatic rings. The normalized spacial score (nSPS) is 22.0. The van der Waals surface area contributed by atoms with Crippen LogP contribution in [0.1, 0.15) is 49.5 Å². The topological polar surface area (TPSA) is 66.9 Å². The number of hydrogen-bond acceptors (Lipinski definition) is 5. The third kappa shape index (κ3) is 3.91. The quantitative estimate of drug-likeness (QED) is 0.331. The van der Waals surface area contributed by atoms with Gasteiger partial charge in [-0.15, -0.1) is 6.58 Å².